The number of imidazole rings is 1. The number of anilines is 1. The molecule has 2 aliphatic rings. The molecule has 1 atom stereocenters. The lowest BCUT2D eigenvalue weighted by Crippen LogP contribution is -2.45. The predicted molar refractivity (Wildman–Crippen MR) is 98.2 cm³/mol. The van der Waals surface area contributed by atoms with E-state index in [1.54, 1.807) is 17.2 Å². The molecule has 0 spiro atoms. The van der Waals surface area contributed by atoms with Crippen LogP contribution in [0.1, 0.15) is 36.6 Å². The molecule has 5 heterocycles. The lowest BCUT2D eigenvalue weighted by atomic mass is 9.95. The third-order valence-electron chi connectivity index (χ3n) is 5.57. The number of piperidine rings is 1. The van der Waals surface area contributed by atoms with Crippen LogP contribution in [0.2, 0.25) is 0 Å². The van der Waals surface area contributed by atoms with Crippen LogP contribution < -0.4 is 4.90 Å². The fraction of sp³-hybridized carbons (Fsp3) is 0.500. The van der Waals surface area contributed by atoms with Gasteiger partial charge in [0.2, 0.25) is 5.91 Å². The second-order valence-corrected chi connectivity index (χ2v) is 7.33. The minimum absolute atomic E-state index is 0.203. The Hall–Kier alpha value is -2.97. The third kappa shape index (κ3) is 2.73. The highest BCUT2D eigenvalue weighted by molar-refractivity contribution is 5.85. The summed E-state index contributed by atoms with van der Waals surface area (Å²) in [4.78, 5) is 22.0. The topological polar surface area (TPSA) is 84.5 Å². The van der Waals surface area contributed by atoms with Crippen LogP contribution in [0.4, 0.5) is 5.82 Å². The van der Waals surface area contributed by atoms with E-state index in [1.807, 2.05) is 28.6 Å². The molecule has 0 bridgehead atoms. The molecule has 5 rings (SSSR count). The normalized spacial score (nSPS) is 20.1. The highest BCUT2D eigenvalue weighted by Crippen LogP contribution is 2.32. The summed E-state index contributed by atoms with van der Waals surface area (Å²) >= 11 is 0. The zero-order valence-corrected chi connectivity index (χ0v) is 15.3. The Bertz CT molecular complexity index is 986. The quantitative estimate of drug-likeness (QED) is 0.672. The summed E-state index contributed by atoms with van der Waals surface area (Å²) < 4.78 is 3.65. The van der Waals surface area contributed by atoms with Gasteiger partial charge in [-0.1, -0.05) is 0 Å². The van der Waals surface area contributed by atoms with Gasteiger partial charge in [0.1, 0.15) is 12.1 Å². The van der Waals surface area contributed by atoms with Gasteiger partial charge < -0.3 is 14.4 Å². The Morgan fingerprint density at radius 3 is 2.85 bits per heavy atom. The third-order valence-corrected chi connectivity index (χ3v) is 5.57. The van der Waals surface area contributed by atoms with Crippen molar-refractivity contribution in [3.05, 3.63) is 36.2 Å². The highest BCUT2D eigenvalue weighted by Gasteiger charge is 2.37. The van der Waals surface area contributed by atoms with Crippen LogP contribution in [-0.4, -0.2) is 59.8 Å². The molecular formula is C18H22N8O. The van der Waals surface area contributed by atoms with Crippen molar-refractivity contribution in [3.8, 4) is 0 Å². The van der Waals surface area contributed by atoms with Crippen LogP contribution in [0, 0.1) is 0 Å². The number of rotatable bonds is 2. The maximum absolute atomic E-state index is 13.3. The molecule has 3 aromatic rings. The van der Waals surface area contributed by atoms with Gasteiger partial charge in [-0.3, -0.25) is 4.79 Å². The van der Waals surface area contributed by atoms with E-state index in [-0.39, 0.29) is 11.8 Å². The summed E-state index contributed by atoms with van der Waals surface area (Å²) in [6.45, 7) is 2.95. The molecule has 27 heavy (non-hydrogen) atoms. The molecule has 2 aliphatic heterocycles. The van der Waals surface area contributed by atoms with Gasteiger partial charge in [0, 0.05) is 26.7 Å². The molecule has 9 nitrogen and oxygen atoms in total. The largest absolute Gasteiger partial charge is 0.348 e. The zero-order valence-electron chi connectivity index (χ0n) is 15.3. The van der Waals surface area contributed by atoms with Crippen LogP contribution >= 0.6 is 0 Å². The number of carbonyl (C=O) groups excluding carboxylic acids is 1. The molecule has 0 aromatic carbocycles. The monoisotopic (exact) mass is 366 g/mol. The lowest BCUT2D eigenvalue weighted by Gasteiger charge is -2.36. The number of hydrogen-bond acceptors (Lipinski definition) is 6. The minimum atomic E-state index is -0.224. The van der Waals surface area contributed by atoms with Crippen LogP contribution in [0.3, 0.4) is 0 Å². The predicted octanol–water partition coefficient (Wildman–Crippen LogP) is 0.974. The van der Waals surface area contributed by atoms with Crippen molar-refractivity contribution in [1.82, 2.24) is 34.3 Å². The van der Waals surface area contributed by atoms with Gasteiger partial charge in [-0.05, 0) is 31.4 Å². The van der Waals surface area contributed by atoms with Gasteiger partial charge in [0.25, 0.3) is 0 Å². The van der Waals surface area contributed by atoms with Gasteiger partial charge in [-0.25, -0.2) is 4.98 Å². The van der Waals surface area contributed by atoms with E-state index in [0.717, 1.165) is 43.1 Å². The van der Waals surface area contributed by atoms with Crippen molar-refractivity contribution >= 4 is 17.4 Å². The Labute approximate surface area is 156 Å². The Morgan fingerprint density at radius 1 is 1.15 bits per heavy atom. The zero-order chi connectivity index (χ0) is 18.4. The number of fused-ring (bicyclic) bond motifs is 2. The van der Waals surface area contributed by atoms with Gasteiger partial charge in [-0.15, -0.1) is 15.3 Å². The number of carbonyl (C=O) groups is 1. The standard InChI is InChI=1S/C18H22N8O/c1-23-11-19-14-10-25(16-6-5-15-21-20-12-26(15)22-16)9-13(17(14)23)18(27)24-7-3-2-4-8-24/h5-6,11-13H,2-4,7-10H2,1H3/t13-/m1/s1. The van der Waals surface area contributed by atoms with Crippen LogP contribution in [-0.2, 0) is 18.4 Å². The van der Waals surface area contributed by atoms with E-state index in [0.29, 0.717) is 18.7 Å². The first kappa shape index (κ1) is 16.2. The summed E-state index contributed by atoms with van der Waals surface area (Å²) in [6, 6.07) is 3.82. The first-order chi connectivity index (χ1) is 13.2. The molecule has 1 saturated heterocycles. The van der Waals surface area contributed by atoms with Gasteiger partial charge in [0.05, 0.1) is 30.2 Å². The van der Waals surface area contributed by atoms with E-state index in [2.05, 4.69) is 25.2 Å². The van der Waals surface area contributed by atoms with Crippen molar-refractivity contribution in [2.24, 2.45) is 7.05 Å². The number of nitrogens with zero attached hydrogens (tertiary/aromatic N) is 8. The Balaban J connectivity index is 1.49. The number of likely N-dealkylation sites (tertiary alicyclic amines) is 1. The molecule has 9 heteroatoms. The summed E-state index contributed by atoms with van der Waals surface area (Å²) in [7, 11) is 1.97. The van der Waals surface area contributed by atoms with E-state index in [9.17, 15) is 4.79 Å². The molecule has 140 valence electrons. The van der Waals surface area contributed by atoms with Crippen LogP contribution in [0.5, 0.6) is 0 Å². The maximum atomic E-state index is 13.3. The molecule has 0 radical (unpaired) electrons. The van der Waals surface area contributed by atoms with Gasteiger partial charge in [0.15, 0.2) is 5.65 Å². The van der Waals surface area contributed by atoms with Crippen molar-refractivity contribution in [2.45, 2.75) is 31.7 Å². The van der Waals surface area contributed by atoms with E-state index in [4.69, 9.17) is 0 Å². The molecule has 1 amide bonds. The summed E-state index contributed by atoms with van der Waals surface area (Å²) in [6.07, 6.45) is 6.78. The minimum Gasteiger partial charge on any atom is -0.348 e. The second-order valence-electron chi connectivity index (χ2n) is 7.33. The van der Waals surface area contributed by atoms with Crippen molar-refractivity contribution in [3.63, 3.8) is 0 Å². The van der Waals surface area contributed by atoms with Gasteiger partial charge >= 0.3 is 0 Å². The van der Waals surface area contributed by atoms with E-state index in [1.165, 1.54) is 6.42 Å². The number of aryl methyl sites for hydroxylation is 1. The molecule has 0 unspecified atom stereocenters. The lowest BCUT2D eigenvalue weighted by molar-refractivity contribution is -0.133. The fourth-order valence-electron chi connectivity index (χ4n) is 4.20. The number of aromatic nitrogens is 6. The van der Waals surface area contributed by atoms with Crippen molar-refractivity contribution < 1.29 is 4.79 Å². The molecule has 3 aromatic heterocycles. The Morgan fingerprint density at radius 2 is 2.00 bits per heavy atom. The Kier molecular flexibility index (Phi) is 3.80. The molecular weight excluding hydrogens is 344 g/mol. The van der Waals surface area contributed by atoms with Crippen LogP contribution in [0.15, 0.2) is 24.8 Å². The molecule has 0 aliphatic carbocycles. The van der Waals surface area contributed by atoms with E-state index < -0.39 is 0 Å². The second kappa shape index (κ2) is 6.33. The first-order valence-electron chi connectivity index (χ1n) is 9.41. The molecule has 1 fully saturated rings. The number of amides is 1. The van der Waals surface area contributed by atoms with Gasteiger partial charge in [-0.2, -0.15) is 4.52 Å². The van der Waals surface area contributed by atoms with Crippen molar-refractivity contribution in [2.75, 3.05) is 24.5 Å². The number of hydrogen-bond donors (Lipinski definition) is 0. The first-order valence-corrected chi connectivity index (χ1v) is 9.41. The maximum Gasteiger partial charge on any atom is 0.233 e. The van der Waals surface area contributed by atoms with E-state index >= 15 is 0 Å². The highest BCUT2D eigenvalue weighted by atomic mass is 16.2. The average Bonchev–Trinajstić information content (AvgIpc) is 3.33. The summed E-state index contributed by atoms with van der Waals surface area (Å²) in [5.74, 6) is 0.780. The van der Waals surface area contributed by atoms with Crippen LogP contribution in [0.25, 0.3) is 5.65 Å². The van der Waals surface area contributed by atoms with Crippen molar-refractivity contribution in [1.29, 1.82) is 0 Å². The summed E-state index contributed by atoms with van der Waals surface area (Å²) in [5, 5.41) is 12.5. The smallest absolute Gasteiger partial charge is 0.233 e. The SMILES string of the molecule is Cn1cnc2c1[C@H](C(=O)N1CCCCC1)CN(c1ccc3nncn3n1)C2. The molecule has 0 saturated carbocycles. The fourth-order valence-corrected chi connectivity index (χ4v) is 4.20. The average molecular weight is 366 g/mol. The summed E-state index contributed by atoms with van der Waals surface area (Å²) in [5.41, 5.74) is 2.69. The molecule has 0 N–H and O–H groups in total.